The van der Waals surface area contributed by atoms with E-state index in [1.807, 2.05) is 6.20 Å². The zero-order valence-corrected chi connectivity index (χ0v) is 11.2. The molecule has 1 atom stereocenters. The van der Waals surface area contributed by atoms with E-state index in [4.69, 9.17) is 4.84 Å². The van der Waals surface area contributed by atoms with Crippen LogP contribution in [-0.4, -0.2) is 16.4 Å². The van der Waals surface area contributed by atoms with Crippen LogP contribution in [0.5, 0.6) is 0 Å². The number of hydrogen-bond acceptors (Lipinski definition) is 2. The molecule has 0 spiro atoms. The quantitative estimate of drug-likeness (QED) is 0.835. The second-order valence-corrected chi connectivity index (χ2v) is 5.22. The highest BCUT2D eigenvalue weighted by Gasteiger charge is 2.24. The molecule has 0 aliphatic heterocycles. The van der Waals surface area contributed by atoms with E-state index in [1.165, 1.54) is 18.4 Å². The minimum absolute atomic E-state index is 0.455. The predicted molar refractivity (Wildman–Crippen MR) is 76.2 cm³/mol. The highest BCUT2D eigenvalue weighted by Crippen LogP contribution is 2.41. The number of aliphatic hydroxyl groups excluding tert-OH is 1. The van der Waals surface area contributed by atoms with Gasteiger partial charge in [0.1, 0.15) is 6.61 Å². The summed E-state index contributed by atoms with van der Waals surface area (Å²) in [6, 6.07) is 6.45. The molecule has 1 saturated carbocycles. The van der Waals surface area contributed by atoms with Crippen molar-refractivity contribution in [2.24, 2.45) is 0 Å². The molecular formula is C16H19NO2. The van der Waals surface area contributed by atoms with Crippen molar-refractivity contribution in [1.29, 1.82) is 0 Å². The smallest absolute Gasteiger partial charge is 0.133 e. The van der Waals surface area contributed by atoms with Crippen LogP contribution >= 0.6 is 0 Å². The van der Waals surface area contributed by atoms with Gasteiger partial charge in [-0.3, -0.25) is 0 Å². The Morgan fingerprint density at radius 1 is 1.53 bits per heavy atom. The molecule has 1 aromatic heterocycles. The number of fused-ring (bicyclic) bond motifs is 1. The van der Waals surface area contributed by atoms with Gasteiger partial charge < -0.3 is 9.94 Å². The highest BCUT2D eigenvalue weighted by atomic mass is 16.7. The van der Waals surface area contributed by atoms with E-state index in [0.29, 0.717) is 12.5 Å². The molecule has 1 heterocycles. The molecule has 1 fully saturated rings. The van der Waals surface area contributed by atoms with Crippen LogP contribution in [0.2, 0.25) is 0 Å². The fourth-order valence-electron chi connectivity index (χ4n) is 2.48. The molecule has 0 radical (unpaired) electrons. The van der Waals surface area contributed by atoms with Crippen LogP contribution in [0, 0.1) is 0 Å². The van der Waals surface area contributed by atoms with Gasteiger partial charge in [0.2, 0.25) is 0 Å². The topological polar surface area (TPSA) is 34.4 Å². The zero-order chi connectivity index (χ0) is 13.4. The molecule has 3 nitrogen and oxygen atoms in total. The van der Waals surface area contributed by atoms with Crippen molar-refractivity contribution in [3.8, 4) is 0 Å². The summed E-state index contributed by atoms with van der Waals surface area (Å²) in [5, 5.41) is 10.9. The van der Waals surface area contributed by atoms with Crippen LogP contribution in [-0.2, 0) is 0 Å². The second kappa shape index (κ2) is 4.74. The molecule has 3 rings (SSSR count). The third kappa shape index (κ3) is 2.26. The monoisotopic (exact) mass is 257 g/mol. The van der Waals surface area contributed by atoms with Crippen LogP contribution in [0.25, 0.3) is 10.9 Å². The molecule has 1 unspecified atom stereocenters. The summed E-state index contributed by atoms with van der Waals surface area (Å²) < 4.78 is 1.75. The molecule has 1 aliphatic rings. The van der Waals surface area contributed by atoms with E-state index < -0.39 is 6.10 Å². The van der Waals surface area contributed by atoms with Gasteiger partial charge in [0.25, 0.3) is 0 Å². The average molecular weight is 257 g/mol. The lowest BCUT2D eigenvalue weighted by molar-refractivity contribution is 0.143. The maximum atomic E-state index is 9.86. The molecule has 3 heteroatoms. The van der Waals surface area contributed by atoms with Crippen molar-refractivity contribution in [2.45, 2.75) is 31.8 Å². The lowest BCUT2D eigenvalue weighted by atomic mass is 10.1. The minimum atomic E-state index is -0.497. The van der Waals surface area contributed by atoms with Crippen molar-refractivity contribution in [2.75, 3.05) is 6.61 Å². The summed E-state index contributed by atoms with van der Waals surface area (Å²) in [6.07, 6.45) is 5.66. The normalized spacial score (nSPS) is 16.5. The summed E-state index contributed by atoms with van der Waals surface area (Å²) in [6.45, 7) is 5.90. The Kier molecular flexibility index (Phi) is 3.07. The molecule has 2 aromatic rings. The Bertz CT molecular complexity index is 608. The van der Waals surface area contributed by atoms with E-state index in [2.05, 4.69) is 24.8 Å². The Morgan fingerprint density at radius 3 is 2.95 bits per heavy atom. The van der Waals surface area contributed by atoms with E-state index in [1.54, 1.807) is 17.7 Å². The zero-order valence-electron chi connectivity index (χ0n) is 11.2. The molecule has 1 aliphatic carbocycles. The van der Waals surface area contributed by atoms with E-state index in [-0.39, 0.29) is 0 Å². The third-order valence-corrected chi connectivity index (χ3v) is 3.66. The Labute approximate surface area is 113 Å². The Hall–Kier alpha value is -1.74. The third-order valence-electron chi connectivity index (χ3n) is 3.66. The van der Waals surface area contributed by atoms with Crippen molar-refractivity contribution >= 4 is 10.9 Å². The lowest BCUT2D eigenvalue weighted by Crippen LogP contribution is -2.09. The first kappa shape index (κ1) is 12.3. The lowest BCUT2D eigenvalue weighted by Gasteiger charge is -2.06. The fourth-order valence-corrected chi connectivity index (χ4v) is 2.48. The SMILES string of the molecule is C=CCOn1cc(C(C)O)c2ccc(C3CC3)cc21. The first-order valence-electron chi connectivity index (χ1n) is 6.78. The standard InChI is InChI=1S/C16H19NO2/c1-3-8-19-17-10-15(11(2)18)14-7-6-13(9-16(14)17)12-4-5-12/h3,6-7,9-12,18H,1,4-5,8H2,2H3. The number of aliphatic hydroxyl groups is 1. The highest BCUT2D eigenvalue weighted by molar-refractivity contribution is 5.85. The first-order valence-corrected chi connectivity index (χ1v) is 6.78. The number of aromatic nitrogens is 1. The van der Waals surface area contributed by atoms with Gasteiger partial charge in [0, 0.05) is 10.9 Å². The van der Waals surface area contributed by atoms with Gasteiger partial charge in [-0.15, -0.1) is 0 Å². The van der Waals surface area contributed by atoms with Crippen molar-refractivity contribution in [3.63, 3.8) is 0 Å². The Balaban J connectivity index is 2.10. The molecule has 0 bridgehead atoms. The van der Waals surface area contributed by atoms with Gasteiger partial charge in [-0.05, 0) is 37.3 Å². The first-order chi connectivity index (χ1) is 9.20. The summed E-state index contributed by atoms with van der Waals surface area (Å²) in [5.74, 6) is 0.710. The summed E-state index contributed by atoms with van der Waals surface area (Å²) in [4.78, 5) is 5.64. The predicted octanol–water partition coefficient (Wildman–Crippen LogP) is 3.19. The van der Waals surface area contributed by atoms with E-state index >= 15 is 0 Å². The van der Waals surface area contributed by atoms with Gasteiger partial charge in [-0.2, -0.15) is 4.73 Å². The van der Waals surface area contributed by atoms with Crippen LogP contribution in [0.1, 0.15) is 42.9 Å². The number of hydrogen-bond donors (Lipinski definition) is 1. The summed E-state index contributed by atoms with van der Waals surface area (Å²) >= 11 is 0. The maximum absolute atomic E-state index is 9.86. The van der Waals surface area contributed by atoms with Gasteiger partial charge in [-0.25, -0.2) is 0 Å². The van der Waals surface area contributed by atoms with Crippen LogP contribution in [0.15, 0.2) is 37.1 Å². The molecular weight excluding hydrogens is 238 g/mol. The number of benzene rings is 1. The molecule has 1 aromatic carbocycles. The molecule has 100 valence electrons. The summed E-state index contributed by atoms with van der Waals surface area (Å²) in [7, 11) is 0. The molecule has 19 heavy (non-hydrogen) atoms. The van der Waals surface area contributed by atoms with Gasteiger partial charge >= 0.3 is 0 Å². The van der Waals surface area contributed by atoms with Crippen LogP contribution < -0.4 is 4.84 Å². The minimum Gasteiger partial charge on any atom is -0.410 e. The summed E-state index contributed by atoms with van der Waals surface area (Å²) in [5.41, 5.74) is 3.30. The molecule has 1 N–H and O–H groups in total. The average Bonchev–Trinajstić information content (AvgIpc) is 3.18. The van der Waals surface area contributed by atoms with E-state index in [9.17, 15) is 5.11 Å². The van der Waals surface area contributed by atoms with E-state index in [0.717, 1.165) is 16.5 Å². The largest absolute Gasteiger partial charge is 0.410 e. The van der Waals surface area contributed by atoms with Crippen LogP contribution in [0.3, 0.4) is 0 Å². The number of rotatable bonds is 5. The molecule has 0 amide bonds. The fraction of sp³-hybridized carbons (Fsp3) is 0.375. The van der Waals surface area contributed by atoms with Gasteiger partial charge in [0.05, 0.1) is 17.8 Å². The molecule has 0 saturated heterocycles. The van der Waals surface area contributed by atoms with Crippen molar-refractivity contribution < 1.29 is 9.94 Å². The maximum Gasteiger partial charge on any atom is 0.133 e. The number of nitrogens with zero attached hydrogens (tertiary/aromatic N) is 1. The van der Waals surface area contributed by atoms with Crippen molar-refractivity contribution in [3.05, 3.63) is 48.2 Å². The van der Waals surface area contributed by atoms with Gasteiger partial charge in [-0.1, -0.05) is 24.8 Å². The Morgan fingerprint density at radius 2 is 2.32 bits per heavy atom. The van der Waals surface area contributed by atoms with Gasteiger partial charge in [0.15, 0.2) is 0 Å². The second-order valence-electron chi connectivity index (χ2n) is 5.22. The van der Waals surface area contributed by atoms with Crippen molar-refractivity contribution in [1.82, 2.24) is 4.73 Å². The van der Waals surface area contributed by atoms with Crippen LogP contribution in [0.4, 0.5) is 0 Å².